The molecule has 0 aromatic heterocycles. The van der Waals surface area contributed by atoms with E-state index in [0.717, 1.165) is 30.8 Å². The minimum Gasteiger partial charge on any atom is -0.497 e. The number of hydrogen-bond donors (Lipinski definition) is 0. The first-order chi connectivity index (χ1) is 14.2. The molecule has 0 spiro atoms. The van der Waals surface area contributed by atoms with Crippen molar-refractivity contribution in [3.8, 4) is 11.5 Å². The molecule has 0 N–H and O–H groups in total. The Hall–Kier alpha value is -2.26. The molecule has 0 aliphatic heterocycles. The van der Waals surface area contributed by atoms with E-state index in [1.165, 1.54) is 36.0 Å². The maximum absolute atomic E-state index is 5.78. The minimum atomic E-state index is -0.0272. The molecule has 1 saturated carbocycles. The van der Waals surface area contributed by atoms with Crippen molar-refractivity contribution in [1.82, 2.24) is 0 Å². The van der Waals surface area contributed by atoms with E-state index in [4.69, 9.17) is 14.2 Å². The second-order valence-corrected chi connectivity index (χ2v) is 8.69. The number of hydrogen-bond acceptors (Lipinski definition) is 3. The van der Waals surface area contributed by atoms with Crippen LogP contribution in [0.15, 0.2) is 53.6 Å². The molecule has 29 heavy (non-hydrogen) atoms. The van der Waals surface area contributed by atoms with E-state index in [1.807, 2.05) is 7.11 Å². The molecule has 3 heteroatoms. The highest BCUT2D eigenvalue weighted by Gasteiger charge is 2.49. The number of allylic oxidation sites excluding steroid dienone is 1. The molecular formula is C26H30O3. The fourth-order valence-electron chi connectivity index (χ4n) is 6.21. The van der Waals surface area contributed by atoms with Crippen molar-refractivity contribution in [2.24, 2.45) is 5.92 Å². The largest absolute Gasteiger partial charge is 0.497 e. The quantitative estimate of drug-likeness (QED) is 0.650. The summed E-state index contributed by atoms with van der Waals surface area (Å²) in [5.74, 6) is 2.57. The molecule has 3 aliphatic carbocycles. The fourth-order valence-corrected chi connectivity index (χ4v) is 6.21. The smallest absolute Gasteiger partial charge is 0.119 e. The van der Waals surface area contributed by atoms with Crippen LogP contribution in [0.5, 0.6) is 11.5 Å². The first kappa shape index (κ1) is 18.7. The van der Waals surface area contributed by atoms with Crippen molar-refractivity contribution in [2.75, 3.05) is 21.3 Å². The van der Waals surface area contributed by atoms with Crippen molar-refractivity contribution >= 4 is 0 Å². The zero-order valence-electron chi connectivity index (χ0n) is 17.7. The summed E-state index contributed by atoms with van der Waals surface area (Å²) in [6.45, 7) is 0. The van der Waals surface area contributed by atoms with Crippen LogP contribution in [0.3, 0.4) is 0 Å². The average molecular weight is 391 g/mol. The second-order valence-electron chi connectivity index (χ2n) is 8.69. The number of benzene rings is 2. The predicted molar refractivity (Wildman–Crippen MR) is 115 cm³/mol. The van der Waals surface area contributed by atoms with Gasteiger partial charge in [-0.3, -0.25) is 0 Å². The van der Waals surface area contributed by atoms with Crippen LogP contribution in [0, 0.1) is 5.92 Å². The molecule has 2 aromatic carbocycles. The Morgan fingerprint density at radius 2 is 1.66 bits per heavy atom. The van der Waals surface area contributed by atoms with Crippen molar-refractivity contribution in [3.05, 3.63) is 70.3 Å². The van der Waals surface area contributed by atoms with Gasteiger partial charge in [0.2, 0.25) is 0 Å². The van der Waals surface area contributed by atoms with Gasteiger partial charge in [-0.1, -0.05) is 29.3 Å². The van der Waals surface area contributed by atoms with Crippen LogP contribution in [0.25, 0.3) is 0 Å². The molecular weight excluding hydrogens is 360 g/mol. The van der Waals surface area contributed by atoms with Crippen molar-refractivity contribution in [1.29, 1.82) is 0 Å². The van der Waals surface area contributed by atoms with Gasteiger partial charge in [-0.25, -0.2) is 0 Å². The Balaban J connectivity index is 1.72. The van der Waals surface area contributed by atoms with E-state index in [2.05, 4.69) is 42.5 Å². The lowest BCUT2D eigenvalue weighted by molar-refractivity contribution is 0.106. The molecule has 152 valence electrons. The lowest BCUT2D eigenvalue weighted by Crippen LogP contribution is -2.39. The summed E-state index contributed by atoms with van der Waals surface area (Å²) < 4.78 is 16.8. The van der Waals surface area contributed by atoms with Crippen LogP contribution < -0.4 is 9.47 Å². The van der Waals surface area contributed by atoms with Crippen molar-refractivity contribution in [3.63, 3.8) is 0 Å². The maximum Gasteiger partial charge on any atom is 0.119 e. The summed E-state index contributed by atoms with van der Waals surface area (Å²) in [6, 6.07) is 15.5. The van der Waals surface area contributed by atoms with E-state index in [0.29, 0.717) is 12.0 Å². The molecule has 0 radical (unpaired) electrons. The molecule has 3 aliphatic rings. The van der Waals surface area contributed by atoms with Crippen molar-refractivity contribution < 1.29 is 14.2 Å². The Labute approximate surface area is 173 Å². The number of methoxy groups -OCH3 is 3. The summed E-state index contributed by atoms with van der Waals surface area (Å²) in [5.41, 5.74) is 7.61. The molecule has 0 saturated heterocycles. The van der Waals surface area contributed by atoms with E-state index >= 15 is 0 Å². The van der Waals surface area contributed by atoms with Gasteiger partial charge in [0.25, 0.3) is 0 Å². The monoisotopic (exact) mass is 390 g/mol. The highest BCUT2D eigenvalue weighted by atomic mass is 16.5. The zero-order valence-corrected chi connectivity index (χ0v) is 17.7. The summed E-state index contributed by atoms with van der Waals surface area (Å²) in [7, 11) is 5.36. The highest BCUT2D eigenvalue weighted by Crippen LogP contribution is 2.58. The number of ether oxygens (including phenoxy) is 3. The normalized spacial score (nSPS) is 27.8. The third-order valence-corrected chi connectivity index (χ3v) is 7.59. The van der Waals surface area contributed by atoms with Gasteiger partial charge in [-0.05, 0) is 85.4 Å². The van der Waals surface area contributed by atoms with Crippen molar-refractivity contribution in [2.45, 2.75) is 50.0 Å². The third kappa shape index (κ3) is 2.82. The lowest BCUT2D eigenvalue weighted by atomic mass is 9.56. The number of rotatable bonds is 4. The Morgan fingerprint density at radius 3 is 2.38 bits per heavy atom. The maximum atomic E-state index is 5.78. The minimum absolute atomic E-state index is 0.0272. The van der Waals surface area contributed by atoms with E-state index in [-0.39, 0.29) is 5.41 Å². The lowest BCUT2D eigenvalue weighted by Gasteiger charge is -2.47. The van der Waals surface area contributed by atoms with Gasteiger partial charge in [0, 0.05) is 12.5 Å². The first-order valence-corrected chi connectivity index (χ1v) is 10.8. The topological polar surface area (TPSA) is 27.7 Å². The van der Waals surface area contributed by atoms with Gasteiger partial charge in [0.05, 0.1) is 20.3 Å². The summed E-state index contributed by atoms with van der Waals surface area (Å²) in [4.78, 5) is 0. The average Bonchev–Trinajstić information content (AvgIpc) is 3.22. The standard InChI is InChI=1S/C26H30O3/c1-27-20-7-5-19(6-8-20)26-13-12-17-14-22(29-3)16-23(17)25(26)10-4-18-15-21(28-2)9-11-24(18)26/h5-9,11,15,17,22H,4,10,12-14,16H2,1-3H3/t17?,22?,26-/m0/s1. The van der Waals surface area contributed by atoms with Crippen LogP contribution in [-0.4, -0.2) is 27.4 Å². The van der Waals surface area contributed by atoms with Gasteiger partial charge in [-0.15, -0.1) is 0 Å². The van der Waals surface area contributed by atoms with Crippen LogP contribution in [0.4, 0.5) is 0 Å². The summed E-state index contributed by atoms with van der Waals surface area (Å²) in [6.07, 6.45) is 7.28. The molecule has 0 amide bonds. The van der Waals surface area contributed by atoms with Crippen LogP contribution in [-0.2, 0) is 16.6 Å². The van der Waals surface area contributed by atoms with Gasteiger partial charge >= 0.3 is 0 Å². The fraction of sp³-hybridized carbons (Fsp3) is 0.462. The predicted octanol–water partition coefficient (Wildman–Crippen LogP) is 5.45. The third-order valence-electron chi connectivity index (χ3n) is 7.59. The highest BCUT2D eigenvalue weighted by molar-refractivity contribution is 5.59. The molecule has 5 rings (SSSR count). The number of fused-ring (bicyclic) bond motifs is 4. The van der Waals surface area contributed by atoms with Gasteiger partial charge < -0.3 is 14.2 Å². The molecule has 0 bridgehead atoms. The van der Waals surface area contributed by atoms with Gasteiger partial charge in [0.1, 0.15) is 11.5 Å². The Bertz CT molecular complexity index is 943. The van der Waals surface area contributed by atoms with E-state index in [9.17, 15) is 0 Å². The summed E-state index contributed by atoms with van der Waals surface area (Å²) >= 11 is 0. The van der Waals surface area contributed by atoms with Crippen LogP contribution in [0.2, 0.25) is 0 Å². The first-order valence-electron chi connectivity index (χ1n) is 10.8. The van der Waals surface area contributed by atoms with E-state index < -0.39 is 0 Å². The zero-order chi connectivity index (χ0) is 20.0. The summed E-state index contributed by atoms with van der Waals surface area (Å²) in [5, 5.41) is 0. The molecule has 2 aromatic rings. The molecule has 3 nitrogen and oxygen atoms in total. The van der Waals surface area contributed by atoms with Gasteiger partial charge in [-0.2, -0.15) is 0 Å². The van der Waals surface area contributed by atoms with Crippen LogP contribution >= 0.6 is 0 Å². The second kappa shape index (κ2) is 7.21. The SMILES string of the molecule is COc1ccc([C@]23CCC4CC(OC)CC4=C2CCc2cc(OC)ccc23)cc1. The molecule has 0 heterocycles. The molecule has 3 atom stereocenters. The molecule has 1 fully saturated rings. The number of aryl methyl sites for hydroxylation is 1. The van der Waals surface area contributed by atoms with Gasteiger partial charge in [0.15, 0.2) is 0 Å². The Morgan fingerprint density at radius 1 is 0.897 bits per heavy atom. The Kier molecular flexibility index (Phi) is 4.66. The van der Waals surface area contributed by atoms with E-state index in [1.54, 1.807) is 25.4 Å². The molecule has 2 unspecified atom stereocenters. The van der Waals surface area contributed by atoms with Crippen LogP contribution in [0.1, 0.15) is 48.8 Å².